The highest BCUT2D eigenvalue weighted by atomic mass is 16.4. The van der Waals surface area contributed by atoms with E-state index in [0.29, 0.717) is 6.54 Å². The summed E-state index contributed by atoms with van der Waals surface area (Å²) in [4.78, 5) is 10.3. The van der Waals surface area contributed by atoms with Crippen LogP contribution in [0.1, 0.15) is 5.56 Å². The summed E-state index contributed by atoms with van der Waals surface area (Å²) in [6, 6.07) is 14.2. The van der Waals surface area contributed by atoms with E-state index in [1.54, 1.807) is 0 Å². The van der Waals surface area contributed by atoms with Gasteiger partial charge in [-0.15, -0.1) is 0 Å². The van der Waals surface area contributed by atoms with Crippen molar-refractivity contribution in [3.8, 4) is 0 Å². The molecule has 0 saturated heterocycles. The van der Waals surface area contributed by atoms with Crippen molar-refractivity contribution in [3.05, 3.63) is 60.3 Å². The summed E-state index contributed by atoms with van der Waals surface area (Å²) >= 11 is 0. The van der Waals surface area contributed by atoms with E-state index in [2.05, 4.69) is 23.5 Å². The van der Waals surface area contributed by atoms with Crippen LogP contribution >= 0.6 is 0 Å². The Bertz CT molecular complexity index is 556. The van der Waals surface area contributed by atoms with Crippen LogP contribution in [-0.4, -0.2) is 11.1 Å². The standard InChI is InChI=1S/C14H13NO2/c16-14(17)8-9-15-10-12-6-3-5-11-4-1-2-7-13(11)12/h1-9,15H,10H2,(H,16,17)/b9-8+. The first-order valence-electron chi connectivity index (χ1n) is 5.37. The molecule has 0 atom stereocenters. The summed E-state index contributed by atoms with van der Waals surface area (Å²) < 4.78 is 0. The first kappa shape index (κ1) is 11.2. The third kappa shape index (κ3) is 2.84. The van der Waals surface area contributed by atoms with Gasteiger partial charge < -0.3 is 10.4 Å². The number of carbonyl (C=O) groups is 1. The summed E-state index contributed by atoms with van der Waals surface area (Å²) in [5, 5.41) is 13.8. The Balaban J connectivity index is 2.16. The molecule has 3 nitrogen and oxygen atoms in total. The van der Waals surface area contributed by atoms with Gasteiger partial charge in [-0.2, -0.15) is 0 Å². The van der Waals surface area contributed by atoms with Gasteiger partial charge in [0, 0.05) is 18.8 Å². The average molecular weight is 227 g/mol. The Hall–Kier alpha value is -2.29. The van der Waals surface area contributed by atoms with Crippen LogP contribution in [0.15, 0.2) is 54.7 Å². The molecule has 0 heterocycles. The van der Waals surface area contributed by atoms with Gasteiger partial charge in [-0.3, -0.25) is 0 Å². The average Bonchev–Trinajstić information content (AvgIpc) is 2.34. The molecule has 2 rings (SSSR count). The number of fused-ring (bicyclic) bond motifs is 1. The summed E-state index contributed by atoms with van der Waals surface area (Å²) in [7, 11) is 0. The van der Waals surface area contributed by atoms with Gasteiger partial charge in [-0.05, 0) is 16.3 Å². The van der Waals surface area contributed by atoms with E-state index in [9.17, 15) is 4.79 Å². The maximum absolute atomic E-state index is 10.3. The highest BCUT2D eigenvalue weighted by Crippen LogP contribution is 2.17. The summed E-state index contributed by atoms with van der Waals surface area (Å²) in [5.41, 5.74) is 1.15. The molecule has 0 aliphatic rings. The van der Waals surface area contributed by atoms with Crippen molar-refractivity contribution >= 4 is 16.7 Å². The zero-order valence-corrected chi connectivity index (χ0v) is 9.26. The molecule has 0 bridgehead atoms. The smallest absolute Gasteiger partial charge is 0.329 e. The maximum Gasteiger partial charge on any atom is 0.329 e. The van der Waals surface area contributed by atoms with Gasteiger partial charge in [0.15, 0.2) is 0 Å². The zero-order valence-electron chi connectivity index (χ0n) is 9.26. The molecule has 2 aromatic rings. The molecule has 2 aromatic carbocycles. The SMILES string of the molecule is O=C(O)/C=C/NCc1cccc2ccccc12. The lowest BCUT2D eigenvalue weighted by Crippen LogP contribution is -2.05. The van der Waals surface area contributed by atoms with E-state index in [0.717, 1.165) is 11.6 Å². The number of carboxylic acids is 1. The van der Waals surface area contributed by atoms with Crippen molar-refractivity contribution in [3.63, 3.8) is 0 Å². The predicted molar refractivity (Wildman–Crippen MR) is 67.6 cm³/mol. The summed E-state index contributed by atoms with van der Waals surface area (Å²) in [6.45, 7) is 0.616. The van der Waals surface area contributed by atoms with Gasteiger partial charge >= 0.3 is 5.97 Å². The lowest BCUT2D eigenvalue weighted by molar-refractivity contribution is -0.131. The Morgan fingerprint density at radius 1 is 1.18 bits per heavy atom. The van der Waals surface area contributed by atoms with Crippen LogP contribution in [-0.2, 0) is 11.3 Å². The number of carboxylic acid groups (broad SMARTS) is 1. The molecule has 0 fully saturated rings. The molecule has 0 unspecified atom stereocenters. The number of hydrogen-bond donors (Lipinski definition) is 2. The van der Waals surface area contributed by atoms with Gasteiger partial charge in [-0.25, -0.2) is 4.79 Å². The fourth-order valence-electron chi connectivity index (χ4n) is 1.75. The normalized spacial score (nSPS) is 10.8. The minimum Gasteiger partial charge on any atom is -0.478 e. The highest BCUT2D eigenvalue weighted by Gasteiger charge is 1.98. The number of rotatable bonds is 4. The molecule has 2 N–H and O–H groups in total. The number of hydrogen-bond acceptors (Lipinski definition) is 2. The minimum atomic E-state index is -0.949. The van der Waals surface area contributed by atoms with Crippen molar-refractivity contribution in [2.45, 2.75) is 6.54 Å². The lowest BCUT2D eigenvalue weighted by Gasteiger charge is -2.06. The van der Waals surface area contributed by atoms with Gasteiger partial charge in [0.05, 0.1) is 0 Å². The van der Waals surface area contributed by atoms with Crippen LogP contribution in [0.2, 0.25) is 0 Å². The van der Waals surface area contributed by atoms with Crippen LogP contribution < -0.4 is 5.32 Å². The second-order valence-electron chi connectivity index (χ2n) is 3.69. The van der Waals surface area contributed by atoms with E-state index in [4.69, 9.17) is 5.11 Å². The molecular weight excluding hydrogens is 214 g/mol. The quantitative estimate of drug-likeness (QED) is 0.789. The van der Waals surface area contributed by atoms with Crippen molar-refractivity contribution < 1.29 is 9.90 Å². The van der Waals surface area contributed by atoms with Crippen LogP contribution in [0, 0.1) is 0 Å². The van der Waals surface area contributed by atoms with Gasteiger partial charge in [0.25, 0.3) is 0 Å². The fourth-order valence-corrected chi connectivity index (χ4v) is 1.75. The second-order valence-corrected chi connectivity index (χ2v) is 3.69. The first-order chi connectivity index (χ1) is 8.27. The van der Waals surface area contributed by atoms with Crippen LogP contribution in [0.4, 0.5) is 0 Å². The van der Waals surface area contributed by atoms with E-state index in [-0.39, 0.29) is 0 Å². The zero-order chi connectivity index (χ0) is 12.1. The molecule has 0 radical (unpaired) electrons. The summed E-state index contributed by atoms with van der Waals surface area (Å²) in [5.74, 6) is -0.949. The molecule has 0 aliphatic heterocycles. The largest absolute Gasteiger partial charge is 0.478 e. The Kier molecular flexibility index (Phi) is 3.40. The number of aliphatic carboxylic acids is 1. The minimum absolute atomic E-state index is 0.616. The highest BCUT2D eigenvalue weighted by molar-refractivity contribution is 5.85. The van der Waals surface area contributed by atoms with E-state index in [1.807, 2.05) is 24.3 Å². The Morgan fingerprint density at radius 3 is 2.76 bits per heavy atom. The van der Waals surface area contributed by atoms with Crippen LogP contribution in [0.3, 0.4) is 0 Å². The Morgan fingerprint density at radius 2 is 1.94 bits per heavy atom. The fraction of sp³-hybridized carbons (Fsp3) is 0.0714. The topological polar surface area (TPSA) is 49.3 Å². The maximum atomic E-state index is 10.3. The number of benzene rings is 2. The van der Waals surface area contributed by atoms with Crippen molar-refractivity contribution in [1.29, 1.82) is 0 Å². The second kappa shape index (κ2) is 5.16. The molecule has 0 amide bonds. The van der Waals surface area contributed by atoms with Crippen LogP contribution in [0.25, 0.3) is 10.8 Å². The van der Waals surface area contributed by atoms with Gasteiger partial charge in [0.1, 0.15) is 0 Å². The molecule has 0 aliphatic carbocycles. The molecule has 3 heteroatoms. The van der Waals surface area contributed by atoms with Gasteiger partial charge in [-0.1, -0.05) is 42.5 Å². The molecule has 0 aromatic heterocycles. The number of nitrogens with one attached hydrogen (secondary N) is 1. The third-order valence-electron chi connectivity index (χ3n) is 2.52. The Labute approximate surface area is 99.4 Å². The van der Waals surface area contributed by atoms with Crippen molar-refractivity contribution in [1.82, 2.24) is 5.32 Å². The van der Waals surface area contributed by atoms with E-state index >= 15 is 0 Å². The molecule has 0 saturated carbocycles. The first-order valence-corrected chi connectivity index (χ1v) is 5.37. The molecule has 86 valence electrons. The van der Waals surface area contributed by atoms with E-state index in [1.165, 1.54) is 17.0 Å². The molecule has 0 spiro atoms. The van der Waals surface area contributed by atoms with Crippen LogP contribution in [0.5, 0.6) is 0 Å². The molecular formula is C14H13NO2. The van der Waals surface area contributed by atoms with Crippen molar-refractivity contribution in [2.24, 2.45) is 0 Å². The van der Waals surface area contributed by atoms with Gasteiger partial charge in [0.2, 0.25) is 0 Å². The lowest BCUT2D eigenvalue weighted by atomic mass is 10.0. The third-order valence-corrected chi connectivity index (χ3v) is 2.52. The van der Waals surface area contributed by atoms with Crippen molar-refractivity contribution in [2.75, 3.05) is 0 Å². The molecule has 17 heavy (non-hydrogen) atoms. The van der Waals surface area contributed by atoms with E-state index < -0.39 is 5.97 Å². The predicted octanol–water partition coefficient (Wildman–Crippen LogP) is 2.53. The monoisotopic (exact) mass is 227 g/mol. The summed E-state index contributed by atoms with van der Waals surface area (Å²) in [6.07, 6.45) is 2.54.